The van der Waals surface area contributed by atoms with E-state index >= 15 is 0 Å². The molecule has 0 atom stereocenters. The van der Waals surface area contributed by atoms with Crippen molar-refractivity contribution in [1.82, 2.24) is 9.97 Å². The Labute approximate surface area is 174 Å². The molecule has 2 aliphatic rings. The molecule has 0 unspecified atom stereocenters. The lowest BCUT2D eigenvalue weighted by Crippen LogP contribution is -2.39. The molecule has 5 nitrogen and oxygen atoms in total. The smallest absolute Gasteiger partial charge is 0.167 e. The van der Waals surface area contributed by atoms with Gasteiger partial charge in [0.25, 0.3) is 0 Å². The van der Waals surface area contributed by atoms with Gasteiger partial charge in [-0.1, -0.05) is 11.6 Å². The fourth-order valence-electron chi connectivity index (χ4n) is 3.35. The van der Waals surface area contributed by atoms with Crippen LogP contribution in [-0.2, 0) is 5.41 Å². The molecule has 2 fully saturated rings. The molecule has 1 saturated carbocycles. The number of halogens is 4. The summed E-state index contributed by atoms with van der Waals surface area (Å²) in [6.45, 7) is 1.25. The Morgan fingerprint density at radius 2 is 1.96 bits per heavy atom. The van der Waals surface area contributed by atoms with Crippen molar-refractivity contribution >= 4 is 33.3 Å². The number of nitriles is 1. The SMILES string of the molecule is N#CC1(c2nc(Br)c(N3CCC(Oc4ccc(F)cc4F)CC3)nc2Cl)CC1. The van der Waals surface area contributed by atoms with Crippen LogP contribution in [0.5, 0.6) is 5.75 Å². The van der Waals surface area contributed by atoms with Crippen LogP contribution in [0, 0.1) is 23.0 Å². The van der Waals surface area contributed by atoms with Gasteiger partial charge in [0.15, 0.2) is 22.5 Å². The topological polar surface area (TPSA) is 62.0 Å². The molecule has 0 radical (unpaired) electrons. The maximum Gasteiger partial charge on any atom is 0.167 e. The Kier molecular flexibility index (Phi) is 5.15. The van der Waals surface area contributed by atoms with Gasteiger partial charge < -0.3 is 9.64 Å². The molecule has 0 bridgehead atoms. The third-order valence-corrected chi connectivity index (χ3v) is 5.94. The molecule has 9 heteroatoms. The molecule has 0 spiro atoms. The maximum atomic E-state index is 13.8. The first-order valence-corrected chi connectivity index (χ1v) is 10.1. The number of aromatic nitrogens is 2. The van der Waals surface area contributed by atoms with E-state index in [4.69, 9.17) is 16.3 Å². The normalized spacial score (nSPS) is 18.6. The van der Waals surface area contributed by atoms with Gasteiger partial charge in [0.2, 0.25) is 0 Å². The second kappa shape index (κ2) is 7.45. The van der Waals surface area contributed by atoms with E-state index in [2.05, 4.69) is 32.0 Å². The molecule has 0 N–H and O–H groups in total. The van der Waals surface area contributed by atoms with E-state index in [-0.39, 0.29) is 17.0 Å². The van der Waals surface area contributed by atoms with Gasteiger partial charge in [0.05, 0.1) is 11.8 Å². The van der Waals surface area contributed by atoms with Crippen molar-refractivity contribution in [2.75, 3.05) is 18.0 Å². The highest BCUT2D eigenvalue weighted by Gasteiger charge is 2.48. The van der Waals surface area contributed by atoms with Gasteiger partial charge in [-0.2, -0.15) is 5.26 Å². The van der Waals surface area contributed by atoms with Gasteiger partial charge in [-0.25, -0.2) is 18.7 Å². The quantitative estimate of drug-likeness (QED) is 0.645. The average molecular weight is 470 g/mol. The van der Waals surface area contributed by atoms with Crippen LogP contribution in [0.2, 0.25) is 5.15 Å². The average Bonchev–Trinajstić information content (AvgIpc) is 3.47. The summed E-state index contributed by atoms with van der Waals surface area (Å²) in [7, 11) is 0. The molecule has 1 aromatic carbocycles. The third kappa shape index (κ3) is 3.65. The molecule has 1 aliphatic heterocycles. The Bertz CT molecular complexity index is 956. The minimum atomic E-state index is -0.704. The van der Waals surface area contributed by atoms with Gasteiger partial charge in [-0.15, -0.1) is 0 Å². The van der Waals surface area contributed by atoms with Gasteiger partial charge in [-0.05, 0) is 40.9 Å². The zero-order valence-electron chi connectivity index (χ0n) is 14.8. The highest BCUT2D eigenvalue weighted by molar-refractivity contribution is 9.10. The van der Waals surface area contributed by atoms with E-state index in [1.54, 1.807) is 0 Å². The summed E-state index contributed by atoms with van der Waals surface area (Å²) < 4.78 is 33.0. The molecule has 1 aromatic heterocycles. The first kappa shape index (κ1) is 19.3. The van der Waals surface area contributed by atoms with Crippen molar-refractivity contribution in [3.8, 4) is 11.8 Å². The maximum absolute atomic E-state index is 13.8. The molecule has 1 aliphatic carbocycles. The largest absolute Gasteiger partial charge is 0.487 e. The second-order valence-corrected chi connectivity index (χ2v) is 8.16. The van der Waals surface area contributed by atoms with Crippen LogP contribution >= 0.6 is 27.5 Å². The summed E-state index contributed by atoms with van der Waals surface area (Å²) in [5, 5.41) is 9.62. The van der Waals surface area contributed by atoms with Gasteiger partial charge in [0.1, 0.15) is 21.9 Å². The number of anilines is 1. The number of nitrogens with zero attached hydrogens (tertiary/aromatic N) is 4. The molecule has 1 saturated heterocycles. The second-order valence-electron chi connectivity index (χ2n) is 7.05. The molecule has 2 heterocycles. The summed E-state index contributed by atoms with van der Waals surface area (Å²) in [4.78, 5) is 11.0. The van der Waals surface area contributed by atoms with E-state index in [0.717, 1.165) is 18.9 Å². The van der Waals surface area contributed by atoms with Crippen LogP contribution in [0.15, 0.2) is 22.8 Å². The number of hydrogen-bond donors (Lipinski definition) is 0. The van der Waals surface area contributed by atoms with Crippen LogP contribution in [0.3, 0.4) is 0 Å². The third-order valence-electron chi connectivity index (χ3n) is 5.14. The minimum Gasteiger partial charge on any atom is -0.487 e. The lowest BCUT2D eigenvalue weighted by molar-refractivity contribution is 0.163. The zero-order chi connectivity index (χ0) is 19.9. The number of hydrogen-bond acceptors (Lipinski definition) is 5. The minimum absolute atomic E-state index is 0.0551. The van der Waals surface area contributed by atoms with E-state index in [9.17, 15) is 14.0 Å². The van der Waals surface area contributed by atoms with E-state index in [1.165, 1.54) is 12.1 Å². The van der Waals surface area contributed by atoms with Crippen molar-refractivity contribution < 1.29 is 13.5 Å². The molecule has 0 amide bonds. The summed E-state index contributed by atoms with van der Waals surface area (Å²) in [5.41, 5.74) is -0.0807. The van der Waals surface area contributed by atoms with E-state index in [0.29, 0.717) is 42.0 Å². The zero-order valence-corrected chi connectivity index (χ0v) is 17.1. The summed E-state index contributed by atoms with van der Waals surface area (Å²) >= 11 is 9.77. The van der Waals surface area contributed by atoms with Crippen LogP contribution in [0.25, 0.3) is 0 Å². The van der Waals surface area contributed by atoms with Crippen LogP contribution < -0.4 is 9.64 Å². The van der Waals surface area contributed by atoms with Crippen molar-refractivity contribution in [1.29, 1.82) is 5.26 Å². The number of ether oxygens (including phenoxy) is 1. The van der Waals surface area contributed by atoms with Crippen molar-refractivity contribution in [2.45, 2.75) is 37.2 Å². The molecule has 2 aromatic rings. The van der Waals surface area contributed by atoms with Crippen LogP contribution in [0.1, 0.15) is 31.4 Å². The van der Waals surface area contributed by atoms with Crippen LogP contribution in [0.4, 0.5) is 14.6 Å². The summed E-state index contributed by atoms with van der Waals surface area (Å²) in [5.74, 6) is -0.661. The van der Waals surface area contributed by atoms with Crippen LogP contribution in [-0.4, -0.2) is 29.2 Å². The summed E-state index contributed by atoms with van der Waals surface area (Å²) in [6, 6.07) is 5.58. The fraction of sp³-hybridized carbons (Fsp3) is 0.421. The van der Waals surface area contributed by atoms with Gasteiger partial charge >= 0.3 is 0 Å². The van der Waals surface area contributed by atoms with Crippen molar-refractivity contribution in [3.63, 3.8) is 0 Å². The Hall–Kier alpha value is -1.98. The van der Waals surface area contributed by atoms with Crippen molar-refractivity contribution in [2.24, 2.45) is 0 Å². The van der Waals surface area contributed by atoms with Crippen molar-refractivity contribution in [3.05, 3.63) is 45.3 Å². The highest BCUT2D eigenvalue weighted by atomic mass is 79.9. The molecule has 4 rings (SSSR count). The summed E-state index contributed by atoms with van der Waals surface area (Å²) in [6.07, 6.45) is 2.60. The predicted octanol–water partition coefficient (Wildman–Crippen LogP) is 4.77. The Balaban J connectivity index is 1.44. The fourth-order valence-corrected chi connectivity index (χ4v) is 4.17. The first-order valence-electron chi connectivity index (χ1n) is 8.93. The number of rotatable bonds is 4. The van der Waals surface area contributed by atoms with E-state index < -0.39 is 17.0 Å². The molecular formula is C19H16BrClF2N4O. The Morgan fingerprint density at radius 1 is 1.25 bits per heavy atom. The highest BCUT2D eigenvalue weighted by Crippen LogP contribution is 2.49. The number of piperidine rings is 1. The van der Waals surface area contributed by atoms with Gasteiger partial charge in [0, 0.05) is 32.0 Å². The van der Waals surface area contributed by atoms with E-state index in [1.807, 2.05) is 4.90 Å². The Morgan fingerprint density at radius 3 is 2.57 bits per heavy atom. The standard InChI is InChI=1S/C19H16BrClF2N4O/c20-16-18(26-17(21)15(25-16)19(10-24)5-6-19)27-7-3-12(4-8-27)28-14-2-1-11(22)9-13(14)23/h1-2,9,12H,3-8H2. The lowest BCUT2D eigenvalue weighted by Gasteiger charge is -2.33. The number of benzene rings is 1. The predicted molar refractivity (Wildman–Crippen MR) is 103 cm³/mol. The monoisotopic (exact) mass is 468 g/mol. The molecule has 28 heavy (non-hydrogen) atoms. The molecule has 146 valence electrons. The molecular weight excluding hydrogens is 454 g/mol. The first-order chi connectivity index (χ1) is 13.4. The van der Waals surface area contributed by atoms with Gasteiger partial charge in [-0.3, -0.25) is 0 Å². The lowest BCUT2D eigenvalue weighted by atomic mass is 10.1.